The van der Waals surface area contributed by atoms with Crippen LogP contribution in [0.5, 0.6) is 11.5 Å². The lowest BCUT2D eigenvalue weighted by atomic mass is 10.2. The number of imide groups is 1. The van der Waals surface area contributed by atoms with Gasteiger partial charge in [-0.05, 0) is 42.0 Å². The monoisotopic (exact) mass is 361 g/mol. The van der Waals surface area contributed by atoms with Crippen LogP contribution < -0.4 is 9.47 Å². The Morgan fingerprint density at radius 3 is 2.72 bits per heavy atom. The Morgan fingerprint density at radius 2 is 2.04 bits per heavy atom. The highest BCUT2D eigenvalue weighted by Crippen LogP contribution is 2.34. The Balaban J connectivity index is 2.15. The minimum absolute atomic E-state index is 0.203. The van der Waals surface area contributed by atoms with E-state index in [-0.39, 0.29) is 11.1 Å². The van der Waals surface area contributed by atoms with Crippen molar-refractivity contribution in [3.8, 4) is 11.5 Å². The minimum atomic E-state index is -0.225. The van der Waals surface area contributed by atoms with Crippen molar-refractivity contribution in [2.45, 2.75) is 26.2 Å². The summed E-state index contributed by atoms with van der Waals surface area (Å²) in [6.45, 7) is 6.56. The SMILES string of the molecule is C=CCOc1ccc(/C=C2\SC(=O)N(CCCCC)C2=O)cc1OC. The van der Waals surface area contributed by atoms with Crippen LogP contribution in [0.1, 0.15) is 31.7 Å². The van der Waals surface area contributed by atoms with Gasteiger partial charge in [-0.1, -0.05) is 38.5 Å². The highest BCUT2D eigenvalue weighted by atomic mass is 32.2. The largest absolute Gasteiger partial charge is 0.493 e. The Bertz CT molecular complexity index is 684. The van der Waals surface area contributed by atoms with Crippen LogP contribution in [0.25, 0.3) is 6.08 Å². The van der Waals surface area contributed by atoms with E-state index in [4.69, 9.17) is 9.47 Å². The number of methoxy groups -OCH3 is 1. The van der Waals surface area contributed by atoms with Crippen LogP contribution in [0.15, 0.2) is 35.8 Å². The molecule has 1 heterocycles. The summed E-state index contributed by atoms with van der Waals surface area (Å²) in [6, 6.07) is 5.38. The lowest BCUT2D eigenvalue weighted by Gasteiger charge is -2.11. The smallest absolute Gasteiger partial charge is 0.293 e. The standard InChI is InChI=1S/C19H23NO4S/c1-4-6-7-10-20-18(21)17(25-19(20)22)13-14-8-9-15(24-11-5-2)16(12-14)23-3/h5,8-9,12-13H,2,4,6-7,10-11H2,1,3H3/b17-13-. The molecule has 2 rings (SSSR count). The van der Waals surface area contributed by atoms with Gasteiger partial charge < -0.3 is 9.47 Å². The van der Waals surface area contributed by atoms with E-state index >= 15 is 0 Å². The van der Waals surface area contributed by atoms with E-state index in [1.54, 1.807) is 31.4 Å². The van der Waals surface area contributed by atoms with Crippen molar-refractivity contribution in [2.24, 2.45) is 0 Å². The highest BCUT2D eigenvalue weighted by Gasteiger charge is 2.34. The zero-order chi connectivity index (χ0) is 18.2. The molecular formula is C19H23NO4S. The zero-order valence-electron chi connectivity index (χ0n) is 14.6. The van der Waals surface area contributed by atoms with E-state index in [1.165, 1.54) is 4.90 Å². The first-order valence-electron chi connectivity index (χ1n) is 8.27. The average Bonchev–Trinajstić information content (AvgIpc) is 2.88. The van der Waals surface area contributed by atoms with Gasteiger partial charge in [-0.2, -0.15) is 0 Å². The molecule has 0 radical (unpaired) electrons. The van der Waals surface area contributed by atoms with E-state index < -0.39 is 0 Å². The number of rotatable bonds is 9. The van der Waals surface area contributed by atoms with E-state index in [0.29, 0.717) is 29.6 Å². The molecule has 1 aromatic carbocycles. The van der Waals surface area contributed by atoms with Crippen molar-refractivity contribution in [2.75, 3.05) is 20.3 Å². The van der Waals surface area contributed by atoms with Crippen LogP contribution >= 0.6 is 11.8 Å². The van der Waals surface area contributed by atoms with Crippen LogP contribution in [0.4, 0.5) is 4.79 Å². The predicted molar refractivity (Wildman–Crippen MR) is 101 cm³/mol. The molecule has 0 atom stereocenters. The second-order valence-electron chi connectivity index (χ2n) is 5.55. The summed E-state index contributed by atoms with van der Waals surface area (Å²) < 4.78 is 10.8. The molecule has 134 valence electrons. The van der Waals surface area contributed by atoms with E-state index in [0.717, 1.165) is 36.6 Å². The third-order valence-electron chi connectivity index (χ3n) is 3.70. The van der Waals surface area contributed by atoms with Gasteiger partial charge in [0.05, 0.1) is 12.0 Å². The van der Waals surface area contributed by atoms with Gasteiger partial charge in [-0.3, -0.25) is 14.5 Å². The summed E-state index contributed by atoms with van der Waals surface area (Å²) in [5.74, 6) is 0.946. The lowest BCUT2D eigenvalue weighted by molar-refractivity contribution is -0.122. The van der Waals surface area contributed by atoms with Gasteiger partial charge in [0.2, 0.25) is 0 Å². The molecule has 1 aliphatic heterocycles. The first-order chi connectivity index (χ1) is 12.1. The molecule has 0 spiro atoms. The van der Waals surface area contributed by atoms with Crippen molar-refractivity contribution in [1.29, 1.82) is 0 Å². The molecule has 0 aromatic heterocycles. The second kappa shape index (κ2) is 9.32. The van der Waals surface area contributed by atoms with Gasteiger partial charge in [0.15, 0.2) is 11.5 Å². The summed E-state index contributed by atoms with van der Waals surface area (Å²) >= 11 is 0.979. The molecule has 1 saturated heterocycles. The molecule has 0 saturated carbocycles. The summed E-state index contributed by atoms with van der Waals surface area (Å²) in [5.41, 5.74) is 0.780. The maximum absolute atomic E-state index is 12.4. The highest BCUT2D eigenvalue weighted by molar-refractivity contribution is 8.18. The number of hydrogen-bond acceptors (Lipinski definition) is 5. The van der Waals surface area contributed by atoms with E-state index in [1.807, 2.05) is 6.07 Å². The fraction of sp³-hybridized carbons (Fsp3) is 0.368. The zero-order valence-corrected chi connectivity index (χ0v) is 15.4. The summed E-state index contributed by atoms with van der Waals surface area (Å²) in [4.78, 5) is 26.2. The summed E-state index contributed by atoms with van der Waals surface area (Å²) in [7, 11) is 1.56. The van der Waals surface area contributed by atoms with E-state index in [9.17, 15) is 9.59 Å². The lowest BCUT2D eigenvalue weighted by Crippen LogP contribution is -2.29. The number of nitrogens with zero attached hydrogens (tertiary/aromatic N) is 1. The number of hydrogen-bond donors (Lipinski definition) is 0. The molecule has 25 heavy (non-hydrogen) atoms. The number of carbonyl (C=O) groups is 2. The number of unbranched alkanes of at least 4 members (excludes halogenated alkanes) is 2. The first-order valence-corrected chi connectivity index (χ1v) is 9.09. The predicted octanol–water partition coefficient (Wildman–Crippen LogP) is 4.49. The van der Waals surface area contributed by atoms with Gasteiger partial charge in [0.1, 0.15) is 6.61 Å². The molecule has 6 heteroatoms. The van der Waals surface area contributed by atoms with Crippen LogP contribution in [-0.4, -0.2) is 36.3 Å². The minimum Gasteiger partial charge on any atom is -0.493 e. The van der Waals surface area contributed by atoms with Gasteiger partial charge in [-0.25, -0.2) is 0 Å². The van der Waals surface area contributed by atoms with Gasteiger partial charge in [0, 0.05) is 6.54 Å². The number of amides is 2. The van der Waals surface area contributed by atoms with Crippen LogP contribution in [0.3, 0.4) is 0 Å². The molecule has 1 aromatic rings. The number of carbonyl (C=O) groups excluding carboxylic acids is 2. The second-order valence-corrected chi connectivity index (χ2v) is 6.54. The summed E-state index contributed by atoms with van der Waals surface area (Å²) in [5, 5.41) is -0.203. The Kier molecular flexibility index (Phi) is 7.13. The Morgan fingerprint density at radius 1 is 1.24 bits per heavy atom. The third kappa shape index (κ3) is 4.89. The molecule has 0 N–H and O–H groups in total. The average molecular weight is 361 g/mol. The molecule has 1 fully saturated rings. The van der Waals surface area contributed by atoms with E-state index in [2.05, 4.69) is 13.5 Å². The van der Waals surface area contributed by atoms with Crippen LogP contribution in [-0.2, 0) is 4.79 Å². The summed E-state index contributed by atoms with van der Waals surface area (Å²) in [6.07, 6.45) is 6.26. The number of ether oxygens (including phenoxy) is 2. The topological polar surface area (TPSA) is 55.8 Å². The van der Waals surface area contributed by atoms with Gasteiger partial charge >= 0.3 is 0 Å². The van der Waals surface area contributed by atoms with Crippen LogP contribution in [0.2, 0.25) is 0 Å². The number of thioether (sulfide) groups is 1. The molecule has 2 amide bonds. The molecule has 0 aliphatic carbocycles. The van der Waals surface area contributed by atoms with Crippen molar-refractivity contribution in [3.63, 3.8) is 0 Å². The molecule has 0 bridgehead atoms. The van der Waals surface area contributed by atoms with Crippen molar-refractivity contribution >= 4 is 29.0 Å². The normalized spacial score (nSPS) is 15.8. The van der Waals surface area contributed by atoms with Crippen molar-refractivity contribution in [1.82, 2.24) is 4.90 Å². The third-order valence-corrected chi connectivity index (χ3v) is 4.61. The fourth-order valence-electron chi connectivity index (χ4n) is 2.41. The number of benzene rings is 1. The quantitative estimate of drug-likeness (QED) is 0.369. The van der Waals surface area contributed by atoms with Crippen molar-refractivity contribution in [3.05, 3.63) is 41.3 Å². The Labute approximate surface area is 152 Å². The van der Waals surface area contributed by atoms with Crippen LogP contribution in [0, 0.1) is 0 Å². The maximum atomic E-state index is 12.4. The molecular weight excluding hydrogens is 338 g/mol. The molecule has 1 aliphatic rings. The first kappa shape index (κ1) is 19.1. The van der Waals surface area contributed by atoms with Gasteiger partial charge in [-0.15, -0.1) is 0 Å². The van der Waals surface area contributed by atoms with Gasteiger partial charge in [0.25, 0.3) is 11.1 Å². The fourth-order valence-corrected chi connectivity index (χ4v) is 3.27. The molecule has 0 unspecified atom stereocenters. The molecule has 5 nitrogen and oxygen atoms in total. The Hall–Kier alpha value is -2.21. The maximum Gasteiger partial charge on any atom is 0.293 e. The van der Waals surface area contributed by atoms with Crippen molar-refractivity contribution < 1.29 is 19.1 Å².